The Hall–Kier alpha value is -0.980. The van der Waals surface area contributed by atoms with Gasteiger partial charge in [0.25, 0.3) is 0 Å². The summed E-state index contributed by atoms with van der Waals surface area (Å²) in [7, 11) is 0. The maximum absolute atomic E-state index is 9.70. The smallest absolute Gasteiger partial charge is 0.115 e. The Morgan fingerprint density at radius 1 is 0.609 bits per heavy atom. The zero-order chi connectivity index (χ0) is 18.1. The lowest BCUT2D eigenvalue weighted by molar-refractivity contribution is -0.224. The predicted octanol–water partition coefficient (Wildman–Crippen LogP) is 6.62. The van der Waals surface area contributed by atoms with Crippen LogP contribution in [-0.2, 0) is 0 Å². The standard InChI is InChI=1S/C22H36O/c1-18(2)17(15-11-13-16(23)14-12-15)19(3,4)21(7,8)22(9,10)20(18,5)6/h11-14,17,23H,1-10H3. The molecule has 0 aromatic heterocycles. The molecule has 0 aliphatic heterocycles. The van der Waals surface area contributed by atoms with Crippen molar-refractivity contribution in [2.75, 3.05) is 0 Å². The predicted molar refractivity (Wildman–Crippen MR) is 99.8 cm³/mol. The highest BCUT2D eigenvalue weighted by Crippen LogP contribution is 2.76. The Balaban J connectivity index is 2.77. The second kappa shape index (κ2) is 4.77. The van der Waals surface area contributed by atoms with E-state index < -0.39 is 0 Å². The van der Waals surface area contributed by atoms with Gasteiger partial charge in [-0.2, -0.15) is 0 Å². The first-order valence-electron chi connectivity index (χ1n) is 8.91. The highest BCUT2D eigenvalue weighted by molar-refractivity contribution is 5.34. The first-order valence-corrected chi connectivity index (χ1v) is 8.91. The molecule has 0 heterocycles. The van der Waals surface area contributed by atoms with Gasteiger partial charge >= 0.3 is 0 Å². The van der Waals surface area contributed by atoms with Gasteiger partial charge in [-0.3, -0.25) is 0 Å². The minimum atomic E-state index is 0.131. The molecule has 1 N–H and O–H groups in total. The average Bonchev–Trinajstić information content (AvgIpc) is 2.39. The van der Waals surface area contributed by atoms with Crippen LogP contribution in [0.4, 0.5) is 0 Å². The molecule has 1 aromatic rings. The Morgan fingerprint density at radius 3 is 1.30 bits per heavy atom. The third kappa shape index (κ3) is 2.04. The minimum absolute atomic E-state index is 0.131. The second-order valence-corrected chi connectivity index (χ2v) is 10.3. The van der Waals surface area contributed by atoms with Gasteiger partial charge in [-0.15, -0.1) is 0 Å². The van der Waals surface area contributed by atoms with Crippen LogP contribution in [0, 0.1) is 27.1 Å². The van der Waals surface area contributed by atoms with Crippen molar-refractivity contribution in [1.82, 2.24) is 0 Å². The summed E-state index contributed by atoms with van der Waals surface area (Å²) in [6.45, 7) is 24.4. The van der Waals surface area contributed by atoms with E-state index in [0.29, 0.717) is 11.7 Å². The lowest BCUT2D eigenvalue weighted by atomic mass is 9.31. The quantitative estimate of drug-likeness (QED) is 0.617. The van der Waals surface area contributed by atoms with Crippen LogP contribution in [0.2, 0.25) is 0 Å². The van der Waals surface area contributed by atoms with E-state index >= 15 is 0 Å². The molecule has 1 aliphatic carbocycles. The summed E-state index contributed by atoms with van der Waals surface area (Å²) in [5.74, 6) is 0.771. The van der Waals surface area contributed by atoms with E-state index in [9.17, 15) is 5.11 Å². The Morgan fingerprint density at radius 2 is 0.957 bits per heavy atom. The van der Waals surface area contributed by atoms with E-state index in [1.807, 2.05) is 12.1 Å². The first kappa shape index (κ1) is 18.4. The summed E-state index contributed by atoms with van der Waals surface area (Å²) < 4.78 is 0. The third-order valence-electron chi connectivity index (χ3n) is 9.02. The molecule has 0 spiro atoms. The van der Waals surface area contributed by atoms with Crippen molar-refractivity contribution in [3.05, 3.63) is 29.8 Å². The monoisotopic (exact) mass is 316 g/mol. The van der Waals surface area contributed by atoms with Crippen LogP contribution in [0.15, 0.2) is 24.3 Å². The number of benzene rings is 1. The number of phenolic OH excluding ortho intramolecular Hbond substituents is 1. The summed E-state index contributed by atoms with van der Waals surface area (Å²) in [6.07, 6.45) is 0. The van der Waals surface area contributed by atoms with E-state index in [1.165, 1.54) is 5.56 Å². The van der Waals surface area contributed by atoms with Crippen LogP contribution in [-0.4, -0.2) is 5.11 Å². The molecule has 0 atom stereocenters. The topological polar surface area (TPSA) is 20.2 Å². The van der Waals surface area contributed by atoms with Crippen molar-refractivity contribution >= 4 is 0 Å². The summed E-state index contributed by atoms with van der Waals surface area (Å²) in [5, 5.41) is 9.70. The molecule has 1 heteroatoms. The third-order valence-corrected chi connectivity index (χ3v) is 9.02. The molecule has 0 unspecified atom stereocenters. The maximum Gasteiger partial charge on any atom is 0.115 e. The summed E-state index contributed by atoms with van der Waals surface area (Å²) >= 11 is 0. The highest BCUT2D eigenvalue weighted by Gasteiger charge is 2.68. The van der Waals surface area contributed by atoms with Crippen LogP contribution in [0.1, 0.15) is 80.7 Å². The fourth-order valence-electron chi connectivity index (χ4n) is 5.52. The van der Waals surface area contributed by atoms with E-state index in [1.54, 1.807) is 0 Å². The molecule has 1 aliphatic rings. The summed E-state index contributed by atoms with van der Waals surface area (Å²) in [5.41, 5.74) is 2.14. The van der Waals surface area contributed by atoms with Crippen molar-refractivity contribution in [2.24, 2.45) is 27.1 Å². The Kier molecular flexibility index (Phi) is 3.81. The number of aromatic hydroxyl groups is 1. The minimum Gasteiger partial charge on any atom is -0.508 e. The number of hydrogen-bond acceptors (Lipinski definition) is 1. The largest absolute Gasteiger partial charge is 0.508 e. The molecule has 130 valence electrons. The first-order chi connectivity index (χ1) is 10.1. The highest BCUT2D eigenvalue weighted by atomic mass is 16.3. The molecule has 1 saturated carbocycles. The van der Waals surface area contributed by atoms with Gasteiger partial charge in [0, 0.05) is 0 Å². The molecule has 0 bridgehead atoms. The Bertz CT molecular complexity index is 555. The van der Waals surface area contributed by atoms with E-state index in [0.717, 1.165) is 0 Å². The van der Waals surface area contributed by atoms with Crippen LogP contribution in [0.25, 0.3) is 0 Å². The average molecular weight is 317 g/mol. The van der Waals surface area contributed by atoms with Crippen molar-refractivity contribution in [1.29, 1.82) is 0 Å². The van der Waals surface area contributed by atoms with Crippen molar-refractivity contribution in [3.63, 3.8) is 0 Å². The van der Waals surface area contributed by atoms with Gasteiger partial charge in [0.15, 0.2) is 0 Å². The maximum atomic E-state index is 9.70. The van der Waals surface area contributed by atoms with Gasteiger partial charge < -0.3 is 5.11 Å². The second-order valence-electron chi connectivity index (χ2n) is 10.3. The van der Waals surface area contributed by atoms with Gasteiger partial charge in [-0.05, 0) is 50.7 Å². The van der Waals surface area contributed by atoms with E-state index in [4.69, 9.17) is 0 Å². The summed E-state index contributed by atoms with van der Waals surface area (Å²) in [6, 6.07) is 7.91. The molecular formula is C22H36O. The molecule has 1 aromatic carbocycles. The Labute approximate surface area is 143 Å². The van der Waals surface area contributed by atoms with Gasteiger partial charge in [0.2, 0.25) is 0 Å². The van der Waals surface area contributed by atoms with Gasteiger partial charge in [0.1, 0.15) is 5.75 Å². The molecule has 1 nitrogen and oxygen atoms in total. The SMILES string of the molecule is CC1(C)C(c2ccc(O)cc2)C(C)(C)C(C)(C)C(C)(C)C1(C)C. The molecule has 2 rings (SSSR count). The fourth-order valence-corrected chi connectivity index (χ4v) is 5.52. The summed E-state index contributed by atoms with van der Waals surface area (Å²) in [4.78, 5) is 0. The molecule has 1 fully saturated rings. The number of phenols is 1. The van der Waals surface area contributed by atoms with Crippen molar-refractivity contribution in [2.45, 2.75) is 75.2 Å². The lowest BCUT2D eigenvalue weighted by Crippen LogP contribution is -2.66. The zero-order valence-electron chi connectivity index (χ0n) is 16.8. The van der Waals surface area contributed by atoms with Crippen LogP contribution in [0.5, 0.6) is 5.75 Å². The molecule has 0 saturated heterocycles. The molecule has 0 amide bonds. The van der Waals surface area contributed by atoms with Crippen molar-refractivity contribution in [3.8, 4) is 5.75 Å². The van der Waals surface area contributed by atoms with Gasteiger partial charge in [-0.25, -0.2) is 0 Å². The molecule has 23 heavy (non-hydrogen) atoms. The number of rotatable bonds is 1. The molecular weight excluding hydrogens is 280 g/mol. The van der Waals surface area contributed by atoms with Crippen LogP contribution in [0.3, 0.4) is 0 Å². The van der Waals surface area contributed by atoms with Crippen LogP contribution >= 0.6 is 0 Å². The van der Waals surface area contributed by atoms with Crippen molar-refractivity contribution < 1.29 is 5.11 Å². The van der Waals surface area contributed by atoms with E-state index in [2.05, 4.69) is 81.4 Å². The lowest BCUT2D eigenvalue weighted by Gasteiger charge is -2.73. The zero-order valence-corrected chi connectivity index (χ0v) is 16.8. The van der Waals surface area contributed by atoms with Gasteiger partial charge in [-0.1, -0.05) is 81.4 Å². The fraction of sp³-hybridized carbons (Fsp3) is 0.727. The van der Waals surface area contributed by atoms with E-state index in [-0.39, 0.29) is 27.1 Å². The normalized spacial score (nSPS) is 27.6. The number of hydrogen-bond donors (Lipinski definition) is 1. The molecule has 0 radical (unpaired) electrons. The van der Waals surface area contributed by atoms with Crippen LogP contribution < -0.4 is 0 Å². The van der Waals surface area contributed by atoms with Gasteiger partial charge in [0.05, 0.1) is 0 Å².